The fourth-order valence-corrected chi connectivity index (χ4v) is 4.24. The molecule has 2 unspecified atom stereocenters. The highest BCUT2D eigenvalue weighted by Gasteiger charge is 2.30. The fourth-order valence-electron chi connectivity index (χ4n) is 3.97. The minimum Gasteiger partial charge on any atom is -0.370 e. The Morgan fingerprint density at radius 2 is 1.96 bits per heavy atom. The summed E-state index contributed by atoms with van der Waals surface area (Å²) in [6, 6.07) is 16.1. The molecule has 2 atom stereocenters. The van der Waals surface area contributed by atoms with Crippen molar-refractivity contribution >= 4 is 23.2 Å². The summed E-state index contributed by atoms with van der Waals surface area (Å²) in [4.78, 5) is 14.9. The number of carbonyl (C=O) groups is 1. The van der Waals surface area contributed by atoms with Gasteiger partial charge in [0, 0.05) is 36.4 Å². The molecular weight excluding hydrogens is 360 g/mol. The van der Waals surface area contributed by atoms with E-state index in [1.807, 2.05) is 24.3 Å². The molecule has 142 valence electrons. The van der Waals surface area contributed by atoms with Gasteiger partial charge in [-0.1, -0.05) is 48.0 Å². The van der Waals surface area contributed by atoms with Gasteiger partial charge in [0.05, 0.1) is 0 Å². The second-order valence-corrected chi connectivity index (χ2v) is 7.57. The lowest BCUT2D eigenvalue weighted by Crippen LogP contribution is -2.45. The zero-order valence-electron chi connectivity index (χ0n) is 15.2. The number of hydrazine groups is 1. The molecular formula is C21H25ClN4O. The molecule has 0 bridgehead atoms. The largest absolute Gasteiger partial charge is 0.370 e. The van der Waals surface area contributed by atoms with E-state index >= 15 is 0 Å². The Morgan fingerprint density at radius 1 is 1.15 bits per heavy atom. The zero-order valence-corrected chi connectivity index (χ0v) is 16.0. The molecule has 2 aromatic rings. The first-order valence-corrected chi connectivity index (χ1v) is 9.96. The van der Waals surface area contributed by atoms with Crippen LogP contribution < -0.4 is 21.1 Å². The highest BCUT2D eigenvalue weighted by Crippen LogP contribution is 2.28. The first kappa shape index (κ1) is 18.3. The van der Waals surface area contributed by atoms with Crippen molar-refractivity contribution in [2.75, 3.05) is 24.5 Å². The summed E-state index contributed by atoms with van der Waals surface area (Å²) in [5.74, 6) is 0.0300. The van der Waals surface area contributed by atoms with E-state index in [0.29, 0.717) is 13.0 Å². The maximum Gasteiger partial charge on any atom is 0.238 e. The molecule has 4 rings (SSSR count). The number of nitrogens with one attached hydrogen (secondary N) is 3. The molecule has 3 N–H and O–H groups in total. The number of aryl methyl sites for hydroxylation is 1. The molecule has 0 saturated carbocycles. The maximum atomic E-state index is 12.5. The number of anilines is 1. The summed E-state index contributed by atoms with van der Waals surface area (Å²) in [6.07, 6.45) is 2.99. The molecule has 2 aliphatic rings. The Balaban J connectivity index is 1.28. The second kappa shape index (κ2) is 8.30. The third-order valence-electron chi connectivity index (χ3n) is 5.39. The van der Waals surface area contributed by atoms with Crippen LogP contribution in [0.25, 0.3) is 0 Å². The van der Waals surface area contributed by atoms with Crippen molar-refractivity contribution in [1.29, 1.82) is 0 Å². The average molecular weight is 385 g/mol. The number of halogens is 1. The molecule has 1 fully saturated rings. The lowest BCUT2D eigenvalue weighted by molar-refractivity contribution is -0.122. The molecule has 2 heterocycles. The minimum atomic E-state index is -0.250. The van der Waals surface area contributed by atoms with Crippen LogP contribution in [0.3, 0.4) is 0 Å². The topological polar surface area (TPSA) is 56.4 Å². The molecule has 2 aliphatic heterocycles. The van der Waals surface area contributed by atoms with Gasteiger partial charge < -0.3 is 10.2 Å². The number of nitrogens with zero attached hydrogens (tertiary/aromatic N) is 1. The third kappa shape index (κ3) is 4.10. The first-order valence-electron chi connectivity index (χ1n) is 9.58. The van der Waals surface area contributed by atoms with Crippen LogP contribution in [0, 0.1) is 0 Å². The quantitative estimate of drug-likeness (QED) is 0.742. The van der Waals surface area contributed by atoms with E-state index in [-0.39, 0.29) is 18.0 Å². The summed E-state index contributed by atoms with van der Waals surface area (Å²) in [7, 11) is 0. The third-order valence-corrected chi connectivity index (χ3v) is 5.73. The van der Waals surface area contributed by atoms with Gasteiger partial charge in [0.2, 0.25) is 5.91 Å². The smallest absolute Gasteiger partial charge is 0.238 e. The highest BCUT2D eigenvalue weighted by atomic mass is 35.5. The van der Waals surface area contributed by atoms with Crippen LogP contribution in [-0.2, 0) is 11.2 Å². The van der Waals surface area contributed by atoms with Crippen molar-refractivity contribution in [1.82, 2.24) is 16.2 Å². The van der Waals surface area contributed by atoms with E-state index in [9.17, 15) is 4.79 Å². The Kier molecular flexibility index (Phi) is 5.62. The number of amides is 1. The van der Waals surface area contributed by atoms with Gasteiger partial charge in [-0.15, -0.1) is 0 Å². The zero-order chi connectivity index (χ0) is 18.6. The molecule has 5 nitrogen and oxygen atoms in total. The monoisotopic (exact) mass is 384 g/mol. The van der Waals surface area contributed by atoms with Crippen molar-refractivity contribution in [3.8, 4) is 0 Å². The van der Waals surface area contributed by atoms with Gasteiger partial charge in [-0.25, -0.2) is 10.9 Å². The van der Waals surface area contributed by atoms with E-state index in [4.69, 9.17) is 11.6 Å². The van der Waals surface area contributed by atoms with Crippen LogP contribution in [-0.4, -0.2) is 31.6 Å². The van der Waals surface area contributed by atoms with E-state index in [1.54, 1.807) is 0 Å². The van der Waals surface area contributed by atoms with Crippen molar-refractivity contribution < 1.29 is 4.79 Å². The molecule has 1 amide bonds. The minimum absolute atomic E-state index is 0.0300. The Morgan fingerprint density at radius 3 is 2.85 bits per heavy atom. The van der Waals surface area contributed by atoms with Crippen LogP contribution >= 0.6 is 11.6 Å². The fraction of sp³-hybridized carbons (Fsp3) is 0.381. The molecule has 2 aromatic carbocycles. The number of benzene rings is 2. The number of rotatable bonds is 5. The van der Waals surface area contributed by atoms with Gasteiger partial charge in [0.25, 0.3) is 0 Å². The summed E-state index contributed by atoms with van der Waals surface area (Å²) < 4.78 is 0. The Labute approximate surface area is 165 Å². The number of hydrogen-bond acceptors (Lipinski definition) is 4. The number of hydrogen-bond donors (Lipinski definition) is 3. The van der Waals surface area contributed by atoms with E-state index in [1.165, 1.54) is 17.7 Å². The maximum absolute atomic E-state index is 12.5. The van der Waals surface area contributed by atoms with Gasteiger partial charge in [0.1, 0.15) is 6.04 Å². The van der Waals surface area contributed by atoms with E-state index in [2.05, 4.69) is 45.3 Å². The Hall–Kier alpha value is -2.08. The van der Waals surface area contributed by atoms with Crippen LogP contribution in [0.15, 0.2) is 48.5 Å². The SMILES string of the molecule is O=C(NCCN1CCCc2ccccc21)C1CC(c2ccccc2Cl)NN1. The van der Waals surface area contributed by atoms with Gasteiger partial charge in [-0.3, -0.25) is 4.79 Å². The summed E-state index contributed by atoms with van der Waals surface area (Å²) in [5.41, 5.74) is 10.0. The normalized spacial score (nSPS) is 21.7. The van der Waals surface area contributed by atoms with Crippen LogP contribution in [0.5, 0.6) is 0 Å². The summed E-state index contributed by atoms with van der Waals surface area (Å²) in [5, 5.41) is 3.80. The number of carbonyl (C=O) groups excluding carboxylic acids is 1. The van der Waals surface area contributed by atoms with Crippen molar-refractivity contribution in [3.05, 3.63) is 64.7 Å². The lowest BCUT2D eigenvalue weighted by atomic mass is 10.0. The molecule has 6 heteroatoms. The summed E-state index contributed by atoms with van der Waals surface area (Å²) in [6.45, 7) is 2.52. The van der Waals surface area contributed by atoms with Gasteiger partial charge in [-0.05, 0) is 42.5 Å². The average Bonchev–Trinajstić information content (AvgIpc) is 3.18. The lowest BCUT2D eigenvalue weighted by Gasteiger charge is -2.31. The standard InChI is InChI=1S/C21H25ClN4O/c22-17-9-3-2-8-16(17)18-14-19(25-24-18)21(27)23-11-13-26-12-5-7-15-6-1-4-10-20(15)26/h1-4,6,8-10,18-19,24-25H,5,7,11-14H2,(H,23,27). The van der Waals surface area contributed by atoms with Crippen LogP contribution in [0.1, 0.15) is 30.0 Å². The van der Waals surface area contributed by atoms with Crippen molar-refractivity contribution in [2.45, 2.75) is 31.3 Å². The Bertz CT molecular complexity index is 812. The second-order valence-electron chi connectivity index (χ2n) is 7.16. The molecule has 0 spiro atoms. The summed E-state index contributed by atoms with van der Waals surface area (Å²) >= 11 is 6.27. The van der Waals surface area contributed by atoms with Crippen molar-refractivity contribution in [2.24, 2.45) is 0 Å². The molecule has 0 radical (unpaired) electrons. The predicted molar refractivity (Wildman–Crippen MR) is 109 cm³/mol. The highest BCUT2D eigenvalue weighted by molar-refractivity contribution is 6.31. The molecule has 0 aromatic heterocycles. The first-order chi connectivity index (χ1) is 13.2. The van der Waals surface area contributed by atoms with E-state index in [0.717, 1.165) is 30.1 Å². The van der Waals surface area contributed by atoms with Crippen molar-refractivity contribution in [3.63, 3.8) is 0 Å². The molecule has 0 aliphatic carbocycles. The molecule has 1 saturated heterocycles. The molecule has 27 heavy (non-hydrogen) atoms. The number of fused-ring (bicyclic) bond motifs is 1. The number of para-hydroxylation sites is 1. The predicted octanol–water partition coefficient (Wildman–Crippen LogP) is 2.82. The van der Waals surface area contributed by atoms with Crippen LogP contribution in [0.4, 0.5) is 5.69 Å². The van der Waals surface area contributed by atoms with Gasteiger partial charge >= 0.3 is 0 Å². The van der Waals surface area contributed by atoms with Crippen LogP contribution in [0.2, 0.25) is 5.02 Å². The van der Waals surface area contributed by atoms with E-state index < -0.39 is 0 Å². The van der Waals surface area contributed by atoms with Gasteiger partial charge in [-0.2, -0.15) is 0 Å². The van der Waals surface area contributed by atoms with Gasteiger partial charge in [0.15, 0.2) is 0 Å².